The number of nitrogens with zero attached hydrogens (tertiary/aromatic N) is 1. The topological polar surface area (TPSA) is 98.7 Å². The molecule has 0 fully saturated rings. The van der Waals surface area contributed by atoms with E-state index in [0.29, 0.717) is 12.5 Å². The Morgan fingerprint density at radius 2 is 1.75 bits per heavy atom. The summed E-state index contributed by atoms with van der Waals surface area (Å²) in [7, 11) is 1.48. The smallest absolute Gasteiger partial charge is 0.317 e. The van der Waals surface area contributed by atoms with Crippen LogP contribution >= 0.6 is 0 Å². The molecule has 116 valence electrons. The highest BCUT2D eigenvalue weighted by Gasteiger charge is 2.28. The summed E-state index contributed by atoms with van der Waals surface area (Å²) in [6, 6.07) is -0.473. The first-order valence-corrected chi connectivity index (χ1v) is 6.55. The molecule has 3 N–H and O–H groups in total. The van der Waals surface area contributed by atoms with Crippen LogP contribution in [0.5, 0.6) is 0 Å². The molecule has 0 aliphatic carbocycles. The zero-order valence-electron chi connectivity index (χ0n) is 12.8. The van der Waals surface area contributed by atoms with Crippen LogP contribution in [0.25, 0.3) is 0 Å². The van der Waals surface area contributed by atoms with Crippen molar-refractivity contribution in [1.29, 1.82) is 0 Å². The minimum atomic E-state index is -1.05. The van der Waals surface area contributed by atoms with Crippen molar-refractivity contribution in [3.8, 4) is 0 Å². The van der Waals surface area contributed by atoms with Crippen molar-refractivity contribution in [1.82, 2.24) is 15.5 Å². The molecule has 0 heterocycles. The van der Waals surface area contributed by atoms with E-state index in [1.165, 1.54) is 25.8 Å². The van der Waals surface area contributed by atoms with Crippen LogP contribution in [0.2, 0.25) is 0 Å². The van der Waals surface area contributed by atoms with Gasteiger partial charge in [0.2, 0.25) is 5.91 Å². The van der Waals surface area contributed by atoms with Crippen LogP contribution in [-0.2, 0) is 9.59 Å². The number of likely N-dealkylation sites (N-methyl/N-ethyl adjacent to an activating group) is 1. The highest BCUT2D eigenvalue weighted by molar-refractivity contribution is 5.84. The maximum Gasteiger partial charge on any atom is 0.317 e. The van der Waals surface area contributed by atoms with E-state index in [2.05, 4.69) is 10.6 Å². The third kappa shape index (κ3) is 6.96. The third-order valence-corrected chi connectivity index (χ3v) is 2.70. The molecule has 0 radical (unpaired) electrons. The van der Waals surface area contributed by atoms with E-state index >= 15 is 0 Å². The summed E-state index contributed by atoms with van der Waals surface area (Å²) in [6.45, 7) is 7.48. The number of hydrogen-bond acceptors (Lipinski definition) is 3. The first-order valence-electron chi connectivity index (χ1n) is 6.55. The summed E-state index contributed by atoms with van der Waals surface area (Å²) in [4.78, 5) is 35.4. The van der Waals surface area contributed by atoms with Crippen molar-refractivity contribution in [3.05, 3.63) is 0 Å². The van der Waals surface area contributed by atoms with Crippen LogP contribution in [0.1, 0.15) is 27.7 Å². The first kappa shape index (κ1) is 18.2. The van der Waals surface area contributed by atoms with Gasteiger partial charge in [0.25, 0.3) is 0 Å². The lowest BCUT2D eigenvalue weighted by Gasteiger charge is -2.23. The third-order valence-electron chi connectivity index (χ3n) is 2.70. The molecule has 0 saturated heterocycles. The molecule has 0 aromatic rings. The predicted octanol–water partition coefficient (Wildman–Crippen LogP) is 0.511. The molecule has 7 nitrogen and oxygen atoms in total. The Labute approximate surface area is 119 Å². The van der Waals surface area contributed by atoms with E-state index < -0.39 is 17.4 Å². The van der Waals surface area contributed by atoms with Gasteiger partial charge in [-0.05, 0) is 19.8 Å². The van der Waals surface area contributed by atoms with Crippen molar-refractivity contribution in [2.45, 2.75) is 27.7 Å². The molecule has 0 unspecified atom stereocenters. The normalized spacial score (nSPS) is 11.1. The zero-order valence-corrected chi connectivity index (χ0v) is 12.8. The van der Waals surface area contributed by atoms with Gasteiger partial charge in [0.15, 0.2) is 0 Å². The number of carboxylic acids is 1. The molecule has 0 aliphatic rings. The van der Waals surface area contributed by atoms with E-state index in [9.17, 15) is 14.4 Å². The lowest BCUT2D eigenvalue weighted by molar-refractivity contribution is -0.146. The number of hydrogen-bond donors (Lipinski definition) is 3. The Hall–Kier alpha value is -1.79. The van der Waals surface area contributed by atoms with Crippen molar-refractivity contribution < 1.29 is 19.5 Å². The van der Waals surface area contributed by atoms with E-state index in [1.807, 2.05) is 13.8 Å². The maximum atomic E-state index is 11.7. The number of rotatable bonds is 7. The second-order valence-corrected chi connectivity index (χ2v) is 5.90. The monoisotopic (exact) mass is 287 g/mol. The largest absolute Gasteiger partial charge is 0.481 e. The summed E-state index contributed by atoms with van der Waals surface area (Å²) < 4.78 is 0. The molecule has 0 rings (SSSR count). The Balaban J connectivity index is 4.16. The summed E-state index contributed by atoms with van der Waals surface area (Å²) >= 11 is 0. The molecule has 20 heavy (non-hydrogen) atoms. The lowest BCUT2D eigenvalue weighted by atomic mass is 9.94. The molecule has 3 amide bonds. The van der Waals surface area contributed by atoms with Crippen LogP contribution in [0, 0.1) is 11.3 Å². The maximum absolute atomic E-state index is 11.7. The Kier molecular flexibility index (Phi) is 7.02. The standard InChI is InChI=1S/C13H25N3O4/c1-9(2)6-14-10(17)7-16(5)12(20)15-8-13(3,4)11(18)19/h9H,6-8H2,1-5H3,(H,14,17)(H,15,20)(H,18,19). The molecular formula is C13H25N3O4. The van der Waals surface area contributed by atoms with E-state index in [1.54, 1.807) is 0 Å². The van der Waals surface area contributed by atoms with Crippen LogP contribution in [0.3, 0.4) is 0 Å². The molecule has 7 heteroatoms. The number of amides is 3. The van der Waals surface area contributed by atoms with Crippen molar-refractivity contribution in [2.24, 2.45) is 11.3 Å². The number of aliphatic carboxylic acids is 1. The highest BCUT2D eigenvalue weighted by Crippen LogP contribution is 2.13. The molecule has 0 spiro atoms. The van der Waals surface area contributed by atoms with Crippen LogP contribution < -0.4 is 10.6 Å². The van der Waals surface area contributed by atoms with Crippen molar-refractivity contribution >= 4 is 17.9 Å². The average Bonchev–Trinajstić information content (AvgIpc) is 2.33. The van der Waals surface area contributed by atoms with Crippen LogP contribution in [0.15, 0.2) is 0 Å². The van der Waals surface area contributed by atoms with Gasteiger partial charge >= 0.3 is 12.0 Å². The minimum Gasteiger partial charge on any atom is -0.481 e. The lowest BCUT2D eigenvalue weighted by Crippen LogP contribution is -2.47. The molecule has 0 atom stereocenters. The average molecular weight is 287 g/mol. The summed E-state index contributed by atoms with van der Waals surface area (Å²) in [5.41, 5.74) is -1.05. The fourth-order valence-electron chi connectivity index (χ4n) is 1.17. The van der Waals surface area contributed by atoms with Gasteiger partial charge in [-0.1, -0.05) is 13.8 Å². The molecule has 0 aliphatic heterocycles. The van der Waals surface area contributed by atoms with E-state index in [0.717, 1.165) is 0 Å². The first-order chi connectivity index (χ1) is 9.06. The molecule has 0 aromatic heterocycles. The van der Waals surface area contributed by atoms with Gasteiger partial charge in [-0.3, -0.25) is 9.59 Å². The van der Waals surface area contributed by atoms with Crippen molar-refractivity contribution in [3.63, 3.8) is 0 Å². The number of urea groups is 1. The summed E-state index contributed by atoms with van der Waals surface area (Å²) in [6.07, 6.45) is 0. The van der Waals surface area contributed by atoms with Gasteiger partial charge < -0.3 is 20.6 Å². The number of carboxylic acid groups (broad SMARTS) is 1. The van der Waals surface area contributed by atoms with Crippen LogP contribution in [0.4, 0.5) is 4.79 Å². The number of carbonyl (C=O) groups is 3. The SMILES string of the molecule is CC(C)CNC(=O)CN(C)C(=O)NCC(C)(C)C(=O)O. The van der Waals surface area contributed by atoms with Gasteiger partial charge in [0.1, 0.15) is 6.54 Å². The van der Waals surface area contributed by atoms with Gasteiger partial charge in [0, 0.05) is 20.1 Å². The van der Waals surface area contributed by atoms with Gasteiger partial charge in [-0.2, -0.15) is 0 Å². The second-order valence-electron chi connectivity index (χ2n) is 5.90. The molecule has 0 saturated carbocycles. The fraction of sp³-hybridized carbons (Fsp3) is 0.769. The van der Waals surface area contributed by atoms with Crippen LogP contribution in [-0.4, -0.2) is 54.6 Å². The Bertz CT molecular complexity index is 367. The molecular weight excluding hydrogens is 262 g/mol. The number of carbonyl (C=O) groups excluding carboxylic acids is 2. The van der Waals surface area contributed by atoms with E-state index in [-0.39, 0.29) is 19.0 Å². The highest BCUT2D eigenvalue weighted by atomic mass is 16.4. The van der Waals surface area contributed by atoms with Crippen molar-refractivity contribution in [2.75, 3.05) is 26.7 Å². The van der Waals surface area contributed by atoms with Gasteiger partial charge in [-0.15, -0.1) is 0 Å². The second kappa shape index (κ2) is 7.72. The quantitative estimate of drug-likeness (QED) is 0.635. The summed E-state index contributed by atoms with van der Waals surface area (Å²) in [5.74, 6) is -0.890. The molecule has 0 bridgehead atoms. The minimum absolute atomic E-state index is 0.000873. The Morgan fingerprint density at radius 1 is 1.20 bits per heavy atom. The fourth-order valence-corrected chi connectivity index (χ4v) is 1.17. The summed E-state index contributed by atoms with van der Waals surface area (Å²) in [5, 5.41) is 14.1. The zero-order chi connectivity index (χ0) is 15.9. The van der Waals surface area contributed by atoms with E-state index in [4.69, 9.17) is 5.11 Å². The molecule has 0 aromatic carbocycles. The predicted molar refractivity (Wildman–Crippen MR) is 75.3 cm³/mol. The Morgan fingerprint density at radius 3 is 2.20 bits per heavy atom. The van der Waals surface area contributed by atoms with Gasteiger partial charge in [-0.25, -0.2) is 4.79 Å². The number of nitrogens with one attached hydrogen (secondary N) is 2. The van der Waals surface area contributed by atoms with Gasteiger partial charge in [0.05, 0.1) is 5.41 Å².